The number of carbonyl (C=O) groups excluding carboxylic acids is 1. The summed E-state index contributed by atoms with van der Waals surface area (Å²) in [7, 11) is 1.61. The molecule has 1 aliphatic heterocycles. The zero-order valence-corrected chi connectivity index (χ0v) is 11.3. The summed E-state index contributed by atoms with van der Waals surface area (Å²) in [5.41, 5.74) is 0.863. The van der Waals surface area contributed by atoms with Crippen molar-refractivity contribution in [2.45, 2.75) is 11.7 Å². The van der Waals surface area contributed by atoms with Crippen molar-refractivity contribution in [1.29, 1.82) is 0 Å². The number of hydrogen-bond donors (Lipinski definition) is 1. The van der Waals surface area contributed by atoms with Gasteiger partial charge in [-0.1, -0.05) is 0 Å². The van der Waals surface area contributed by atoms with Gasteiger partial charge in [-0.25, -0.2) is 0 Å². The van der Waals surface area contributed by atoms with Crippen LogP contribution in [0.4, 0.5) is 5.69 Å². The van der Waals surface area contributed by atoms with E-state index in [1.54, 1.807) is 12.0 Å². The van der Waals surface area contributed by atoms with Crippen molar-refractivity contribution >= 4 is 40.2 Å². The molecule has 1 aromatic carbocycles. The second-order valence-corrected chi connectivity index (χ2v) is 5.27. The molecule has 1 aromatic rings. The monoisotopic (exact) mass is 301 g/mol. The molecule has 1 heterocycles. The first kappa shape index (κ1) is 11.8. The van der Waals surface area contributed by atoms with E-state index in [9.17, 15) is 4.79 Å². The average molecular weight is 302 g/mol. The van der Waals surface area contributed by atoms with E-state index in [-0.39, 0.29) is 11.2 Å². The first-order valence-corrected chi connectivity index (χ1v) is 6.24. The van der Waals surface area contributed by atoms with Crippen molar-refractivity contribution in [3.05, 3.63) is 22.7 Å². The minimum absolute atomic E-state index is 0.115. The van der Waals surface area contributed by atoms with Gasteiger partial charge in [-0.15, -0.1) is 0 Å². The van der Waals surface area contributed by atoms with E-state index in [1.165, 1.54) is 0 Å². The highest BCUT2D eigenvalue weighted by atomic mass is 79.9. The van der Waals surface area contributed by atoms with E-state index in [0.717, 1.165) is 15.9 Å². The van der Waals surface area contributed by atoms with E-state index in [0.29, 0.717) is 13.0 Å². The van der Waals surface area contributed by atoms with E-state index in [4.69, 9.17) is 4.74 Å². The molecule has 0 aromatic heterocycles. The van der Waals surface area contributed by atoms with Crippen LogP contribution in [0, 0.1) is 0 Å². The molecule has 1 atom stereocenters. The molecule has 1 fully saturated rings. The van der Waals surface area contributed by atoms with Gasteiger partial charge in [0, 0.05) is 30.0 Å². The van der Waals surface area contributed by atoms with Crippen LogP contribution in [0.15, 0.2) is 22.7 Å². The normalized spacial score (nSPS) is 20.3. The fraction of sp³-hybridized carbons (Fsp3) is 0.364. The molecule has 0 N–H and O–H groups in total. The van der Waals surface area contributed by atoms with Crippen molar-refractivity contribution in [2.24, 2.45) is 0 Å². The molecule has 16 heavy (non-hydrogen) atoms. The lowest BCUT2D eigenvalue weighted by Crippen LogP contribution is -2.24. The van der Waals surface area contributed by atoms with Gasteiger partial charge in [0.05, 0.1) is 11.6 Å². The zero-order valence-electron chi connectivity index (χ0n) is 8.81. The van der Waals surface area contributed by atoms with Gasteiger partial charge in [0.25, 0.3) is 0 Å². The Hall–Kier alpha value is -0.680. The van der Waals surface area contributed by atoms with Gasteiger partial charge in [-0.2, -0.15) is 12.6 Å². The second-order valence-electron chi connectivity index (χ2n) is 3.68. The maximum Gasteiger partial charge on any atom is 0.228 e. The van der Waals surface area contributed by atoms with Crippen LogP contribution in [0.5, 0.6) is 5.75 Å². The SMILES string of the molecule is COc1cc(N2CC(S)CC2=O)ccc1Br. The number of rotatable bonds is 2. The Morgan fingerprint density at radius 1 is 1.56 bits per heavy atom. The number of amides is 1. The highest BCUT2D eigenvalue weighted by Crippen LogP contribution is 2.32. The van der Waals surface area contributed by atoms with Crippen molar-refractivity contribution < 1.29 is 9.53 Å². The largest absolute Gasteiger partial charge is 0.495 e. The van der Waals surface area contributed by atoms with Crippen molar-refractivity contribution in [3.63, 3.8) is 0 Å². The highest BCUT2D eigenvalue weighted by molar-refractivity contribution is 9.10. The average Bonchev–Trinajstić information content (AvgIpc) is 2.59. The summed E-state index contributed by atoms with van der Waals surface area (Å²) >= 11 is 7.71. The van der Waals surface area contributed by atoms with Gasteiger partial charge in [-0.3, -0.25) is 4.79 Å². The van der Waals surface area contributed by atoms with E-state index in [1.807, 2.05) is 18.2 Å². The number of thiol groups is 1. The topological polar surface area (TPSA) is 29.5 Å². The lowest BCUT2D eigenvalue weighted by atomic mass is 10.3. The lowest BCUT2D eigenvalue weighted by molar-refractivity contribution is -0.117. The summed E-state index contributed by atoms with van der Waals surface area (Å²) in [6.07, 6.45) is 0.501. The van der Waals surface area contributed by atoms with Crippen LogP contribution >= 0.6 is 28.6 Å². The van der Waals surface area contributed by atoms with Crippen LogP contribution in [0.25, 0.3) is 0 Å². The molecule has 1 aliphatic rings. The predicted octanol–water partition coefficient (Wildman–Crippen LogP) is 2.49. The third-order valence-electron chi connectivity index (χ3n) is 2.55. The maximum absolute atomic E-state index is 11.7. The molecule has 3 nitrogen and oxygen atoms in total. The van der Waals surface area contributed by atoms with Crippen molar-refractivity contribution in [2.75, 3.05) is 18.6 Å². The van der Waals surface area contributed by atoms with Crippen molar-refractivity contribution in [1.82, 2.24) is 0 Å². The van der Waals surface area contributed by atoms with Crippen LogP contribution in [-0.4, -0.2) is 24.8 Å². The number of carbonyl (C=O) groups is 1. The van der Waals surface area contributed by atoms with Gasteiger partial charge in [0.15, 0.2) is 0 Å². The van der Waals surface area contributed by atoms with Crippen LogP contribution in [0.2, 0.25) is 0 Å². The molecule has 86 valence electrons. The zero-order chi connectivity index (χ0) is 11.7. The molecular formula is C11H12BrNO2S. The minimum atomic E-state index is 0.115. The van der Waals surface area contributed by atoms with E-state index in [2.05, 4.69) is 28.6 Å². The number of hydrogen-bond acceptors (Lipinski definition) is 3. The Kier molecular flexibility index (Phi) is 3.44. The minimum Gasteiger partial charge on any atom is -0.495 e. The second kappa shape index (κ2) is 4.67. The molecule has 0 bridgehead atoms. The van der Waals surface area contributed by atoms with Crippen LogP contribution in [0.1, 0.15) is 6.42 Å². The Morgan fingerprint density at radius 3 is 2.88 bits per heavy atom. The molecule has 1 amide bonds. The van der Waals surface area contributed by atoms with Crippen LogP contribution < -0.4 is 9.64 Å². The number of nitrogens with zero attached hydrogens (tertiary/aromatic N) is 1. The first-order valence-electron chi connectivity index (χ1n) is 4.94. The van der Waals surface area contributed by atoms with E-state index < -0.39 is 0 Å². The number of methoxy groups -OCH3 is 1. The highest BCUT2D eigenvalue weighted by Gasteiger charge is 2.28. The van der Waals surface area contributed by atoms with Gasteiger partial charge in [-0.05, 0) is 28.1 Å². The molecule has 0 saturated carbocycles. The van der Waals surface area contributed by atoms with E-state index >= 15 is 0 Å². The molecule has 0 spiro atoms. The standard InChI is InChI=1S/C11H12BrNO2S/c1-15-10-4-7(2-3-9(10)12)13-6-8(16)5-11(13)14/h2-4,8,16H,5-6H2,1H3. The predicted molar refractivity (Wildman–Crippen MR) is 70.4 cm³/mol. The van der Waals surface area contributed by atoms with Gasteiger partial charge in [0.1, 0.15) is 5.75 Å². The Morgan fingerprint density at radius 2 is 2.31 bits per heavy atom. The Labute approximate surface area is 108 Å². The smallest absolute Gasteiger partial charge is 0.228 e. The fourth-order valence-electron chi connectivity index (χ4n) is 1.75. The molecule has 1 unspecified atom stereocenters. The Bertz CT molecular complexity index is 424. The van der Waals surface area contributed by atoms with Crippen LogP contribution in [0.3, 0.4) is 0 Å². The fourth-order valence-corrected chi connectivity index (χ4v) is 2.48. The molecule has 0 aliphatic carbocycles. The number of halogens is 1. The molecule has 5 heteroatoms. The molecule has 2 rings (SSSR count). The molecular weight excluding hydrogens is 290 g/mol. The quantitative estimate of drug-likeness (QED) is 0.851. The number of ether oxygens (including phenoxy) is 1. The third kappa shape index (κ3) is 2.20. The van der Waals surface area contributed by atoms with Gasteiger partial charge < -0.3 is 9.64 Å². The maximum atomic E-state index is 11.7. The van der Waals surface area contributed by atoms with Gasteiger partial charge in [0.2, 0.25) is 5.91 Å². The van der Waals surface area contributed by atoms with Crippen LogP contribution in [-0.2, 0) is 4.79 Å². The summed E-state index contributed by atoms with van der Waals surface area (Å²) in [6.45, 7) is 0.659. The summed E-state index contributed by atoms with van der Waals surface area (Å²) in [5, 5.41) is 0.127. The molecule has 1 saturated heterocycles. The summed E-state index contributed by atoms with van der Waals surface area (Å²) in [4.78, 5) is 13.4. The number of benzene rings is 1. The first-order chi connectivity index (χ1) is 7.61. The molecule has 0 radical (unpaired) electrons. The third-order valence-corrected chi connectivity index (χ3v) is 3.55. The summed E-state index contributed by atoms with van der Waals surface area (Å²) in [6, 6.07) is 5.64. The lowest BCUT2D eigenvalue weighted by Gasteiger charge is -2.17. The number of anilines is 1. The van der Waals surface area contributed by atoms with Gasteiger partial charge >= 0.3 is 0 Å². The Balaban J connectivity index is 2.30. The summed E-state index contributed by atoms with van der Waals surface area (Å²) in [5.74, 6) is 0.845. The summed E-state index contributed by atoms with van der Waals surface area (Å²) < 4.78 is 6.09. The van der Waals surface area contributed by atoms with Crippen molar-refractivity contribution in [3.8, 4) is 5.75 Å².